The van der Waals surface area contributed by atoms with Gasteiger partial charge in [-0.05, 0) is 39.1 Å². The molecule has 1 aliphatic rings. The van der Waals surface area contributed by atoms with E-state index in [1.54, 1.807) is 31.3 Å². The fourth-order valence-corrected chi connectivity index (χ4v) is 3.13. The number of benzene rings is 1. The van der Waals surface area contributed by atoms with Gasteiger partial charge in [-0.25, -0.2) is 0 Å². The Labute approximate surface area is 151 Å². The highest BCUT2D eigenvalue weighted by Gasteiger charge is 2.18. The summed E-state index contributed by atoms with van der Waals surface area (Å²) in [7, 11) is 7.23. The van der Waals surface area contributed by atoms with Crippen molar-refractivity contribution in [3.63, 3.8) is 0 Å². The van der Waals surface area contributed by atoms with Crippen molar-refractivity contribution in [2.24, 2.45) is 0 Å². The predicted octanol–water partition coefficient (Wildman–Crippen LogP) is 1.72. The second-order valence-electron chi connectivity index (χ2n) is 6.73. The Bertz CT molecular complexity index is 558. The van der Waals surface area contributed by atoms with Crippen LogP contribution in [0.25, 0.3) is 0 Å². The minimum Gasteiger partial charge on any atom is -0.496 e. The van der Waals surface area contributed by atoms with Crippen molar-refractivity contribution in [3.8, 4) is 11.5 Å². The first-order valence-electron chi connectivity index (χ1n) is 8.85. The van der Waals surface area contributed by atoms with Gasteiger partial charge in [0.05, 0.1) is 14.2 Å². The van der Waals surface area contributed by atoms with Gasteiger partial charge < -0.3 is 24.2 Å². The van der Waals surface area contributed by atoms with Crippen molar-refractivity contribution >= 4 is 5.91 Å². The highest BCUT2D eigenvalue weighted by atomic mass is 16.5. The number of carbonyl (C=O) groups excluding carboxylic acids is 1. The summed E-state index contributed by atoms with van der Waals surface area (Å²) in [4.78, 5) is 19.3. The van der Waals surface area contributed by atoms with Crippen LogP contribution in [0.2, 0.25) is 0 Å². The zero-order chi connectivity index (χ0) is 18.4. The maximum atomic E-state index is 12.7. The average molecular weight is 349 g/mol. The Kier molecular flexibility index (Phi) is 7.08. The summed E-state index contributed by atoms with van der Waals surface area (Å²) in [5.41, 5.74) is 1.50. The Morgan fingerprint density at radius 1 is 1.12 bits per heavy atom. The minimum absolute atomic E-state index is 0.00465. The number of ether oxygens (including phenoxy) is 2. The molecule has 0 bridgehead atoms. The van der Waals surface area contributed by atoms with Gasteiger partial charge in [-0.15, -0.1) is 0 Å². The third kappa shape index (κ3) is 5.09. The molecule has 1 aromatic carbocycles. The monoisotopic (exact) mass is 349 g/mol. The molecule has 1 amide bonds. The summed E-state index contributed by atoms with van der Waals surface area (Å²) in [5, 5.41) is 0. The van der Waals surface area contributed by atoms with E-state index < -0.39 is 0 Å². The van der Waals surface area contributed by atoms with Crippen LogP contribution in [-0.2, 0) is 0 Å². The van der Waals surface area contributed by atoms with E-state index in [1.807, 2.05) is 14.0 Å². The van der Waals surface area contributed by atoms with E-state index >= 15 is 0 Å². The van der Waals surface area contributed by atoms with Gasteiger partial charge in [0.1, 0.15) is 11.5 Å². The fraction of sp³-hybridized carbons (Fsp3) is 0.632. The standard InChI is InChI=1S/C19H31N3O3/c1-15-17(24-4)13-16(14-18(15)25-5)19(23)21(3)7-6-8-22-11-9-20(2)10-12-22/h13-14H,6-12H2,1-5H3. The van der Waals surface area contributed by atoms with Crippen LogP contribution in [0, 0.1) is 6.92 Å². The number of rotatable bonds is 7. The van der Waals surface area contributed by atoms with Crippen LogP contribution < -0.4 is 9.47 Å². The average Bonchev–Trinajstić information content (AvgIpc) is 2.62. The number of hydrogen-bond donors (Lipinski definition) is 0. The van der Waals surface area contributed by atoms with Crippen LogP contribution in [-0.4, -0.2) is 88.2 Å². The number of likely N-dealkylation sites (N-methyl/N-ethyl adjacent to an activating group) is 1. The Balaban J connectivity index is 1.91. The Morgan fingerprint density at radius 2 is 1.68 bits per heavy atom. The number of nitrogens with zero attached hydrogens (tertiary/aromatic N) is 3. The van der Waals surface area contributed by atoms with Gasteiger partial charge >= 0.3 is 0 Å². The molecule has 1 heterocycles. The van der Waals surface area contributed by atoms with Gasteiger partial charge in [0, 0.05) is 50.9 Å². The summed E-state index contributed by atoms with van der Waals surface area (Å²) in [6.07, 6.45) is 0.978. The summed E-state index contributed by atoms with van der Waals surface area (Å²) in [6.45, 7) is 8.16. The van der Waals surface area contributed by atoms with E-state index in [0.29, 0.717) is 17.1 Å². The van der Waals surface area contributed by atoms with Gasteiger partial charge in [0.25, 0.3) is 5.91 Å². The highest BCUT2D eigenvalue weighted by molar-refractivity contribution is 5.95. The predicted molar refractivity (Wildman–Crippen MR) is 99.8 cm³/mol. The molecular weight excluding hydrogens is 318 g/mol. The van der Waals surface area contributed by atoms with Crippen molar-refractivity contribution in [1.82, 2.24) is 14.7 Å². The topological polar surface area (TPSA) is 45.2 Å². The molecule has 0 aliphatic carbocycles. The summed E-state index contributed by atoms with van der Waals surface area (Å²) < 4.78 is 10.7. The van der Waals surface area contributed by atoms with Gasteiger partial charge in [0.2, 0.25) is 0 Å². The lowest BCUT2D eigenvalue weighted by molar-refractivity contribution is 0.0782. The SMILES string of the molecule is COc1cc(C(=O)N(C)CCCN2CCN(C)CC2)cc(OC)c1C. The molecule has 2 rings (SSSR count). The lowest BCUT2D eigenvalue weighted by atomic mass is 10.1. The van der Waals surface area contributed by atoms with E-state index in [-0.39, 0.29) is 5.91 Å². The van der Waals surface area contributed by atoms with Crippen molar-refractivity contribution in [2.75, 3.05) is 67.6 Å². The van der Waals surface area contributed by atoms with Crippen molar-refractivity contribution < 1.29 is 14.3 Å². The largest absolute Gasteiger partial charge is 0.496 e. The molecule has 0 atom stereocenters. The molecule has 0 spiro atoms. The first-order valence-corrected chi connectivity index (χ1v) is 8.85. The molecule has 25 heavy (non-hydrogen) atoms. The van der Waals surface area contributed by atoms with Gasteiger partial charge in [-0.1, -0.05) is 0 Å². The van der Waals surface area contributed by atoms with Crippen LogP contribution in [0.1, 0.15) is 22.3 Å². The van der Waals surface area contributed by atoms with Crippen molar-refractivity contribution in [1.29, 1.82) is 0 Å². The zero-order valence-corrected chi connectivity index (χ0v) is 16.2. The van der Waals surface area contributed by atoms with E-state index in [1.165, 1.54) is 0 Å². The molecule has 0 saturated carbocycles. The van der Waals surface area contributed by atoms with E-state index in [2.05, 4.69) is 16.8 Å². The van der Waals surface area contributed by atoms with Gasteiger partial charge in [0.15, 0.2) is 0 Å². The highest BCUT2D eigenvalue weighted by Crippen LogP contribution is 2.29. The minimum atomic E-state index is -0.00465. The third-order valence-electron chi connectivity index (χ3n) is 4.91. The molecular formula is C19H31N3O3. The van der Waals surface area contributed by atoms with Crippen LogP contribution in [0.15, 0.2) is 12.1 Å². The maximum absolute atomic E-state index is 12.7. The van der Waals surface area contributed by atoms with E-state index in [0.717, 1.165) is 51.3 Å². The Hall–Kier alpha value is -1.79. The molecule has 140 valence electrons. The fourth-order valence-electron chi connectivity index (χ4n) is 3.13. The number of amides is 1. The van der Waals surface area contributed by atoms with Crippen LogP contribution in [0.4, 0.5) is 0 Å². The maximum Gasteiger partial charge on any atom is 0.253 e. The van der Waals surface area contributed by atoms with Crippen LogP contribution in [0.3, 0.4) is 0 Å². The first kappa shape index (κ1) is 19.5. The molecule has 1 saturated heterocycles. The molecule has 0 unspecified atom stereocenters. The Morgan fingerprint density at radius 3 is 2.20 bits per heavy atom. The number of piperazine rings is 1. The van der Waals surface area contributed by atoms with Crippen LogP contribution >= 0.6 is 0 Å². The zero-order valence-electron chi connectivity index (χ0n) is 16.2. The number of methoxy groups -OCH3 is 2. The summed E-state index contributed by atoms with van der Waals surface area (Å²) in [5.74, 6) is 1.34. The molecule has 1 aliphatic heterocycles. The molecule has 0 N–H and O–H groups in total. The quantitative estimate of drug-likeness (QED) is 0.750. The molecule has 6 heteroatoms. The van der Waals surface area contributed by atoms with Gasteiger partial charge in [-0.2, -0.15) is 0 Å². The number of carbonyl (C=O) groups is 1. The molecule has 0 aromatic heterocycles. The molecule has 0 radical (unpaired) electrons. The normalized spacial score (nSPS) is 15.9. The second-order valence-corrected chi connectivity index (χ2v) is 6.73. The number of hydrogen-bond acceptors (Lipinski definition) is 5. The molecule has 6 nitrogen and oxygen atoms in total. The summed E-state index contributed by atoms with van der Waals surface area (Å²) >= 11 is 0. The van der Waals surface area contributed by atoms with E-state index in [9.17, 15) is 4.79 Å². The smallest absolute Gasteiger partial charge is 0.253 e. The van der Waals surface area contributed by atoms with E-state index in [4.69, 9.17) is 9.47 Å². The first-order chi connectivity index (χ1) is 12.0. The lowest BCUT2D eigenvalue weighted by Crippen LogP contribution is -2.45. The lowest BCUT2D eigenvalue weighted by Gasteiger charge is -2.32. The molecule has 1 aromatic rings. The van der Waals surface area contributed by atoms with Crippen molar-refractivity contribution in [2.45, 2.75) is 13.3 Å². The van der Waals surface area contributed by atoms with Gasteiger partial charge in [-0.3, -0.25) is 4.79 Å². The van der Waals surface area contributed by atoms with Crippen LogP contribution in [0.5, 0.6) is 11.5 Å². The third-order valence-corrected chi connectivity index (χ3v) is 4.91. The second kappa shape index (κ2) is 9.06. The van der Waals surface area contributed by atoms with Crippen molar-refractivity contribution in [3.05, 3.63) is 23.3 Å². The molecule has 1 fully saturated rings. The summed E-state index contributed by atoms with van der Waals surface area (Å²) in [6, 6.07) is 3.58.